The van der Waals surface area contributed by atoms with Gasteiger partial charge in [-0.2, -0.15) is 10.2 Å². The van der Waals surface area contributed by atoms with E-state index >= 15 is 0 Å². The molecule has 23 heavy (non-hydrogen) atoms. The molecule has 0 aliphatic carbocycles. The van der Waals surface area contributed by atoms with Gasteiger partial charge in [0.25, 0.3) is 5.95 Å². The van der Waals surface area contributed by atoms with Crippen LogP contribution in [0.4, 0.5) is 5.95 Å². The monoisotopic (exact) mass is 305 g/mol. The zero-order valence-electron chi connectivity index (χ0n) is 12.5. The van der Waals surface area contributed by atoms with E-state index < -0.39 is 0 Å². The van der Waals surface area contributed by atoms with E-state index in [9.17, 15) is 0 Å². The number of hydrogen-bond donors (Lipinski definition) is 1. The van der Waals surface area contributed by atoms with E-state index in [1.165, 1.54) is 0 Å². The third-order valence-electron chi connectivity index (χ3n) is 2.97. The molecule has 0 fully saturated rings. The SMILES string of the molecule is CC(/C=N\Nc1nncc(-c2ccccc2)n1)=C/c1ccco1. The molecule has 0 unspecified atom stereocenters. The Hall–Kier alpha value is -3.28. The molecule has 0 bridgehead atoms. The molecule has 2 heterocycles. The molecule has 1 N–H and O–H groups in total. The molecule has 114 valence electrons. The van der Waals surface area contributed by atoms with Crippen molar-refractivity contribution >= 4 is 18.2 Å². The van der Waals surface area contributed by atoms with Crippen LogP contribution >= 0.6 is 0 Å². The van der Waals surface area contributed by atoms with Crippen molar-refractivity contribution < 1.29 is 4.42 Å². The zero-order valence-corrected chi connectivity index (χ0v) is 12.5. The summed E-state index contributed by atoms with van der Waals surface area (Å²) < 4.78 is 5.24. The van der Waals surface area contributed by atoms with Crippen LogP contribution in [0.25, 0.3) is 17.3 Å². The lowest BCUT2D eigenvalue weighted by Crippen LogP contribution is -1.99. The Morgan fingerprint density at radius 3 is 2.83 bits per heavy atom. The Morgan fingerprint density at radius 1 is 1.17 bits per heavy atom. The summed E-state index contributed by atoms with van der Waals surface area (Å²) in [6.45, 7) is 1.92. The predicted octanol–water partition coefficient (Wildman–Crippen LogP) is 3.63. The van der Waals surface area contributed by atoms with E-state index in [1.54, 1.807) is 18.7 Å². The Morgan fingerprint density at radius 2 is 2.04 bits per heavy atom. The van der Waals surface area contributed by atoms with E-state index in [0.29, 0.717) is 5.95 Å². The van der Waals surface area contributed by atoms with E-state index in [2.05, 4.69) is 25.7 Å². The molecule has 0 amide bonds. The van der Waals surface area contributed by atoms with Crippen molar-refractivity contribution in [3.8, 4) is 11.3 Å². The minimum absolute atomic E-state index is 0.341. The highest BCUT2D eigenvalue weighted by atomic mass is 16.3. The van der Waals surface area contributed by atoms with Gasteiger partial charge in [-0.05, 0) is 30.7 Å². The van der Waals surface area contributed by atoms with Crippen molar-refractivity contribution in [1.82, 2.24) is 15.2 Å². The molecule has 6 nitrogen and oxygen atoms in total. The van der Waals surface area contributed by atoms with Gasteiger partial charge in [-0.25, -0.2) is 10.4 Å². The minimum atomic E-state index is 0.341. The number of furan rings is 1. The van der Waals surface area contributed by atoms with Gasteiger partial charge in [-0.15, -0.1) is 5.10 Å². The van der Waals surface area contributed by atoms with Crippen molar-refractivity contribution in [2.75, 3.05) is 5.43 Å². The van der Waals surface area contributed by atoms with Crippen LogP contribution in [-0.2, 0) is 0 Å². The minimum Gasteiger partial charge on any atom is -0.465 e. The number of rotatable bonds is 5. The normalized spacial score (nSPS) is 11.8. The van der Waals surface area contributed by atoms with Crippen molar-refractivity contribution in [2.24, 2.45) is 5.10 Å². The summed E-state index contributed by atoms with van der Waals surface area (Å²) in [7, 11) is 0. The van der Waals surface area contributed by atoms with E-state index in [0.717, 1.165) is 22.6 Å². The van der Waals surface area contributed by atoms with Crippen molar-refractivity contribution in [1.29, 1.82) is 0 Å². The molecular weight excluding hydrogens is 290 g/mol. The smallest absolute Gasteiger partial charge is 0.263 e. The number of aromatic nitrogens is 3. The molecule has 6 heteroatoms. The van der Waals surface area contributed by atoms with E-state index in [4.69, 9.17) is 4.42 Å². The van der Waals surface area contributed by atoms with Crippen LogP contribution in [-0.4, -0.2) is 21.4 Å². The van der Waals surface area contributed by atoms with Crippen LogP contribution in [0, 0.1) is 0 Å². The fraction of sp³-hybridized carbons (Fsp3) is 0.0588. The van der Waals surface area contributed by atoms with Crippen LogP contribution in [0.15, 0.2) is 70.0 Å². The van der Waals surface area contributed by atoms with Crippen molar-refractivity contribution in [2.45, 2.75) is 6.92 Å². The number of anilines is 1. The molecule has 3 rings (SSSR count). The molecule has 0 aliphatic heterocycles. The maximum Gasteiger partial charge on any atom is 0.263 e. The van der Waals surface area contributed by atoms with Gasteiger partial charge >= 0.3 is 0 Å². The molecule has 0 spiro atoms. The number of benzene rings is 1. The van der Waals surface area contributed by atoms with Gasteiger partial charge in [-0.1, -0.05) is 30.3 Å². The second-order valence-corrected chi connectivity index (χ2v) is 4.81. The Balaban J connectivity index is 1.68. The fourth-order valence-electron chi connectivity index (χ4n) is 1.93. The first kappa shape index (κ1) is 14.6. The van der Waals surface area contributed by atoms with Crippen LogP contribution in [0.5, 0.6) is 0 Å². The maximum absolute atomic E-state index is 5.24. The lowest BCUT2D eigenvalue weighted by Gasteiger charge is -2.01. The first-order valence-electron chi connectivity index (χ1n) is 7.07. The summed E-state index contributed by atoms with van der Waals surface area (Å²) in [6.07, 6.45) is 6.79. The van der Waals surface area contributed by atoms with Gasteiger partial charge in [0.05, 0.1) is 24.4 Å². The highest BCUT2D eigenvalue weighted by Crippen LogP contribution is 2.15. The molecule has 1 aromatic carbocycles. The van der Waals surface area contributed by atoms with Gasteiger partial charge in [0.2, 0.25) is 0 Å². The van der Waals surface area contributed by atoms with Gasteiger partial charge < -0.3 is 4.42 Å². The summed E-state index contributed by atoms with van der Waals surface area (Å²) in [5.41, 5.74) is 5.42. The van der Waals surface area contributed by atoms with Crippen molar-refractivity contribution in [3.63, 3.8) is 0 Å². The summed E-state index contributed by atoms with van der Waals surface area (Å²) in [5, 5.41) is 12.0. The van der Waals surface area contributed by atoms with Crippen LogP contribution in [0.2, 0.25) is 0 Å². The zero-order chi connectivity index (χ0) is 15.9. The topological polar surface area (TPSA) is 76.2 Å². The second kappa shape index (κ2) is 7.13. The molecule has 3 aromatic rings. The molecular formula is C17H15N5O. The fourth-order valence-corrected chi connectivity index (χ4v) is 1.93. The third kappa shape index (κ3) is 4.10. The summed E-state index contributed by atoms with van der Waals surface area (Å²) in [5.74, 6) is 1.12. The predicted molar refractivity (Wildman–Crippen MR) is 89.7 cm³/mol. The molecule has 0 radical (unpaired) electrons. The van der Waals surface area contributed by atoms with E-state index in [-0.39, 0.29) is 0 Å². The van der Waals surface area contributed by atoms with Crippen LogP contribution in [0.1, 0.15) is 12.7 Å². The van der Waals surface area contributed by atoms with E-state index in [1.807, 2.05) is 55.5 Å². The molecule has 2 aromatic heterocycles. The van der Waals surface area contributed by atoms with Gasteiger partial charge in [0.15, 0.2) is 0 Å². The summed E-state index contributed by atoms with van der Waals surface area (Å²) >= 11 is 0. The van der Waals surface area contributed by atoms with Crippen LogP contribution < -0.4 is 5.43 Å². The summed E-state index contributed by atoms with van der Waals surface area (Å²) in [6, 6.07) is 13.5. The quantitative estimate of drug-likeness (QED) is 0.575. The van der Waals surface area contributed by atoms with Gasteiger partial charge in [0.1, 0.15) is 5.76 Å². The molecule has 0 aliphatic rings. The highest BCUT2D eigenvalue weighted by molar-refractivity contribution is 5.84. The molecule has 0 saturated carbocycles. The summed E-state index contributed by atoms with van der Waals surface area (Å²) in [4.78, 5) is 4.38. The number of hydrazone groups is 1. The standard InChI is InChI=1S/C17H15N5O/c1-13(10-15-8-5-9-23-15)11-18-21-17-20-16(12-19-22-17)14-6-3-2-4-7-14/h2-12H,1H3,(H,20,21,22)/b13-10-,18-11-. The number of hydrogen-bond acceptors (Lipinski definition) is 6. The Labute approximate surface area is 133 Å². The average Bonchev–Trinajstić information content (AvgIpc) is 3.09. The highest BCUT2D eigenvalue weighted by Gasteiger charge is 2.01. The number of nitrogens with one attached hydrogen (secondary N) is 1. The largest absolute Gasteiger partial charge is 0.465 e. The lowest BCUT2D eigenvalue weighted by atomic mass is 10.2. The second-order valence-electron chi connectivity index (χ2n) is 4.81. The molecule has 0 atom stereocenters. The first-order chi connectivity index (χ1) is 11.3. The Kier molecular flexibility index (Phi) is 4.54. The van der Waals surface area contributed by atoms with Gasteiger partial charge in [0, 0.05) is 5.56 Å². The number of nitrogens with zero attached hydrogens (tertiary/aromatic N) is 4. The number of allylic oxidation sites excluding steroid dienone is 1. The third-order valence-corrected chi connectivity index (χ3v) is 2.97. The maximum atomic E-state index is 5.24. The molecule has 0 saturated heterocycles. The first-order valence-corrected chi connectivity index (χ1v) is 7.07. The lowest BCUT2D eigenvalue weighted by molar-refractivity contribution is 0.557. The van der Waals surface area contributed by atoms with Gasteiger partial charge in [-0.3, -0.25) is 0 Å². The van der Waals surface area contributed by atoms with Crippen molar-refractivity contribution in [3.05, 3.63) is 66.3 Å². The Bertz CT molecular complexity index is 810. The van der Waals surface area contributed by atoms with Crippen LogP contribution in [0.3, 0.4) is 0 Å². The average molecular weight is 305 g/mol.